The quantitative estimate of drug-likeness (QED) is 0.255. The van der Waals surface area contributed by atoms with E-state index < -0.39 is 10.0 Å². The lowest BCUT2D eigenvalue weighted by Crippen LogP contribution is -2.37. The molecule has 41 heavy (non-hydrogen) atoms. The summed E-state index contributed by atoms with van der Waals surface area (Å²) < 4.78 is 28.7. The van der Waals surface area contributed by atoms with Crippen LogP contribution < -0.4 is 0 Å². The Morgan fingerprint density at radius 2 is 1.66 bits per heavy atom. The average molecular weight is 566 g/mol. The molecule has 3 heterocycles. The third-order valence-corrected chi connectivity index (χ3v) is 9.39. The fourth-order valence-corrected chi connectivity index (χ4v) is 6.78. The number of piperidine rings is 1. The number of aldehydes is 1. The number of aliphatic hydroxyl groups excluding tert-OH is 1. The molecule has 1 aliphatic heterocycles. The summed E-state index contributed by atoms with van der Waals surface area (Å²) in [5, 5.41) is 10.7. The number of aryl methyl sites for hydroxylation is 1. The zero-order chi connectivity index (χ0) is 28.6. The van der Waals surface area contributed by atoms with Crippen molar-refractivity contribution in [2.45, 2.75) is 37.3 Å². The number of fused-ring (bicyclic) bond motifs is 1. The average Bonchev–Trinajstić information content (AvgIpc) is 3.38. The van der Waals surface area contributed by atoms with Crippen LogP contribution in [0.25, 0.3) is 33.3 Å². The highest BCUT2D eigenvalue weighted by Gasteiger charge is 2.23. The molecule has 8 heteroatoms. The molecule has 0 amide bonds. The number of aromatic nitrogens is 2. The molecule has 0 aliphatic carbocycles. The summed E-state index contributed by atoms with van der Waals surface area (Å²) in [6, 6.07) is 24.1. The molecule has 0 radical (unpaired) electrons. The van der Waals surface area contributed by atoms with Gasteiger partial charge in [-0.25, -0.2) is 17.4 Å². The highest BCUT2D eigenvalue weighted by molar-refractivity contribution is 7.90. The van der Waals surface area contributed by atoms with E-state index >= 15 is 0 Å². The van der Waals surface area contributed by atoms with Gasteiger partial charge in [0, 0.05) is 47.6 Å². The number of β-amino-alcohol motifs (C(OH)–C–C–N with tert-alkyl or cyclic N) is 1. The van der Waals surface area contributed by atoms with Crippen LogP contribution in [0.4, 0.5) is 0 Å². The van der Waals surface area contributed by atoms with Crippen molar-refractivity contribution in [3.63, 3.8) is 0 Å². The predicted octanol–water partition coefficient (Wildman–Crippen LogP) is 5.68. The van der Waals surface area contributed by atoms with Crippen LogP contribution in [0.3, 0.4) is 0 Å². The molecule has 1 saturated heterocycles. The zero-order valence-corrected chi connectivity index (χ0v) is 23.6. The summed E-state index contributed by atoms with van der Waals surface area (Å²) in [5.74, 6) is 0. The molecule has 6 rings (SSSR count). The van der Waals surface area contributed by atoms with E-state index in [-0.39, 0.29) is 11.0 Å². The van der Waals surface area contributed by atoms with Gasteiger partial charge in [-0.3, -0.25) is 9.69 Å². The Morgan fingerprint density at radius 1 is 0.951 bits per heavy atom. The minimum absolute atomic E-state index is 0.186. The Kier molecular flexibility index (Phi) is 7.30. The van der Waals surface area contributed by atoms with Crippen LogP contribution in [-0.2, 0) is 16.6 Å². The van der Waals surface area contributed by atoms with Crippen molar-refractivity contribution in [1.82, 2.24) is 13.9 Å². The van der Waals surface area contributed by atoms with E-state index in [1.807, 2.05) is 25.1 Å². The molecule has 1 unspecified atom stereocenters. The summed E-state index contributed by atoms with van der Waals surface area (Å²) in [6.45, 7) is 4.38. The van der Waals surface area contributed by atoms with E-state index in [9.17, 15) is 18.3 Å². The number of carbonyl (C=O) groups excluding carboxylic acids is 1. The maximum Gasteiger partial charge on any atom is 0.269 e. The molecule has 1 atom stereocenters. The normalized spacial score (nSPS) is 16.2. The first-order valence-electron chi connectivity index (χ1n) is 13.7. The second-order valence-corrected chi connectivity index (χ2v) is 12.5. The van der Waals surface area contributed by atoms with Crippen LogP contribution in [0, 0.1) is 6.92 Å². The maximum atomic E-state index is 13.7. The van der Waals surface area contributed by atoms with Gasteiger partial charge in [-0.15, -0.1) is 0 Å². The Morgan fingerprint density at radius 3 is 2.34 bits per heavy atom. The molecule has 1 N–H and O–H groups in total. The van der Waals surface area contributed by atoms with Crippen LogP contribution in [0.1, 0.15) is 34.3 Å². The predicted molar refractivity (Wildman–Crippen MR) is 160 cm³/mol. The standard InChI is InChI=1S/C33H31N3O4S/c1-23-4-14-30(15-5-23)41(39,40)36-21-32(27-12-8-25(22-37)9-13-27)31-17-28(18-34-33(31)36)26-10-6-24(7-11-26)19-35-16-2-3-29(38)20-35/h4-15,17-18,21-22,29,38H,2-3,16,19-20H2,1H3. The van der Waals surface area contributed by atoms with Gasteiger partial charge in [-0.2, -0.15) is 0 Å². The van der Waals surface area contributed by atoms with E-state index in [1.54, 1.807) is 48.8 Å². The number of likely N-dealkylation sites (tertiary alicyclic amines) is 1. The van der Waals surface area contributed by atoms with Crippen LogP contribution in [-0.4, -0.2) is 52.9 Å². The zero-order valence-electron chi connectivity index (χ0n) is 22.8. The van der Waals surface area contributed by atoms with Crippen LogP contribution in [0.5, 0.6) is 0 Å². The van der Waals surface area contributed by atoms with Gasteiger partial charge in [0.05, 0.1) is 11.0 Å². The summed E-state index contributed by atoms with van der Waals surface area (Å²) in [5.41, 5.74) is 6.36. The fourth-order valence-electron chi connectivity index (χ4n) is 5.45. The van der Waals surface area contributed by atoms with Gasteiger partial charge in [0.2, 0.25) is 0 Å². The first-order valence-corrected chi connectivity index (χ1v) is 15.1. The number of nitrogens with zero attached hydrogens (tertiary/aromatic N) is 3. The van der Waals surface area contributed by atoms with E-state index in [0.29, 0.717) is 28.7 Å². The largest absolute Gasteiger partial charge is 0.392 e. The summed E-state index contributed by atoms with van der Waals surface area (Å²) in [7, 11) is -3.91. The molecule has 0 saturated carbocycles. The third-order valence-electron chi connectivity index (χ3n) is 7.72. The lowest BCUT2D eigenvalue weighted by molar-refractivity contribution is 0.0668. The van der Waals surface area contributed by atoms with E-state index in [1.165, 1.54) is 9.54 Å². The highest BCUT2D eigenvalue weighted by Crippen LogP contribution is 2.35. The smallest absolute Gasteiger partial charge is 0.269 e. The van der Waals surface area contributed by atoms with Crippen molar-refractivity contribution in [2.24, 2.45) is 0 Å². The monoisotopic (exact) mass is 565 g/mol. The van der Waals surface area contributed by atoms with Crippen LogP contribution in [0.2, 0.25) is 0 Å². The topological polar surface area (TPSA) is 92.5 Å². The molecule has 5 aromatic rings. The van der Waals surface area contributed by atoms with Gasteiger partial charge in [0.1, 0.15) is 6.29 Å². The molecule has 1 fully saturated rings. The minimum atomic E-state index is -3.91. The molecule has 7 nitrogen and oxygen atoms in total. The van der Waals surface area contributed by atoms with Gasteiger partial charge < -0.3 is 5.11 Å². The number of benzene rings is 3. The van der Waals surface area contributed by atoms with Crippen molar-refractivity contribution in [3.8, 4) is 22.3 Å². The van der Waals surface area contributed by atoms with Gasteiger partial charge >= 0.3 is 0 Å². The van der Waals surface area contributed by atoms with Crippen molar-refractivity contribution < 1.29 is 18.3 Å². The minimum Gasteiger partial charge on any atom is -0.392 e. The van der Waals surface area contributed by atoms with Gasteiger partial charge in [0.15, 0.2) is 5.65 Å². The number of aliphatic hydroxyl groups is 1. The van der Waals surface area contributed by atoms with Gasteiger partial charge in [0.25, 0.3) is 10.0 Å². The van der Waals surface area contributed by atoms with E-state index in [4.69, 9.17) is 0 Å². The highest BCUT2D eigenvalue weighted by atomic mass is 32.2. The van der Waals surface area contributed by atoms with Crippen molar-refractivity contribution >= 4 is 27.3 Å². The number of carbonyl (C=O) groups is 1. The first kappa shape index (κ1) is 27.1. The second kappa shape index (κ2) is 11.0. The lowest BCUT2D eigenvalue weighted by atomic mass is 10.0. The Bertz CT molecular complexity index is 1810. The summed E-state index contributed by atoms with van der Waals surface area (Å²) >= 11 is 0. The molecular formula is C33H31N3O4S. The van der Waals surface area contributed by atoms with Gasteiger partial charge in [-0.05, 0) is 61.2 Å². The Balaban J connectivity index is 1.41. The SMILES string of the molecule is Cc1ccc(S(=O)(=O)n2cc(-c3ccc(C=O)cc3)c3cc(-c4ccc(CN5CCCC(O)C5)cc4)cnc32)cc1. The van der Waals surface area contributed by atoms with Crippen molar-refractivity contribution in [2.75, 3.05) is 13.1 Å². The summed E-state index contributed by atoms with van der Waals surface area (Å²) in [6.07, 6.45) is 5.71. The van der Waals surface area contributed by atoms with E-state index in [2.05, 4.69) is 34.1 Å². The number of pyridine rings is 1. The molecule has 0 spiro atoms. The Labute approximate surface area is 239 Å². The van der Waals surface area contributed by atoms with E-state index in [0.717, 1.165) is 54.5 Å². The van der Waals surface area contributed by atoms with Crippen LogP contribution in [0.15, 0.2) is 96.2 Å². The second-order valence-electron chi connectivity index (χ2n) is 10.7. The molecule has 3 aromatic carbocycles. The fraction of sp³-hybridized carbons (Fsp3) is 0.212. The van der Waals surface area contributed by atoms with Gasteiger partial charge in [-0.1, -0.05) is 66.2 Å². The molecule has 1 aliphatic rings. The Hall–Kier alpha value is -4.11. The number of rotatable bonds is 7. The molecular weight excluding hydrogens is 534 g/mol. The van der Waals surface area contributed by atoms with Crippen LogP contribution >= 0.6 is 0 Å². The first-order chi connectivity index (χ1) is 19.8. The van der Waals surface area contributed by atoms with Crippen molar-refractivity contribution in [3.05, 3.63) is 108 Å². The molecule has 0 bridgehead atoms. The third kappa shape index (κ3) is 5.46. The summed E-state index contributed by atoms with van der Waals surface area (Å²) in [4.78, 5) is 18.3. The number of hydrogen-bond donors (Lipinski definition) is 1. The lowest BCUT2D eigenvalue weighted by Gasteiger charge is -2.29. The van der Waals surface area contributed by atoms with Crippen molar-refractivity contribution in [1.29, 1.82) is 0 Å². The molecule has 208 valence electrons. The maximum absolute atomic E-state index is 13.7. The number of hydrogen-bond acceptors (Lipinski definition) is 6. The molecule has 2 aromatic heterocycles.